The number of guanidine groups is 1. The van der Waals surface area contributed by atoms with Crippen LogP contribution in [0.3, 0.4) is 0 Å². The van der Waals surface area contributed by atoms with E-state index in [0.717, 1.165) is 51.0 Å². The number of hydrogen-bond donors (Lipinski definition) is 2. The van der Waals surface area contributed by atoms with E-state index in [-0.39, 0.29) is 5.60 Å². The molecule has 1 saturated heterocycles. The van der Waals surface area contributed by atoms with Gasteiger partial charge in [0.2, 0.25) is 0 Å². The molecule has 19 heavy (non-hydrogen) atoms. The van der Waals surface area contributed by atoms with E-state index in [1.54, 1.807) is 0 Å². The summed E-state index contributed by atoms with van der Waals surface area (Å²) in [6, 6.07) is 0. The fourth-order valence-electron chi connectivity index (χ4n) is 2.37. The van der Waals surface area contributed by atoms with Crippen molar-refractivity contribution in [2.75, 3.05) is 26.2 Å². The minimum atomic E-state index is -0.0583. The van der Waals surface area contributed by atoms with Gasteiger partial charge < -0.3 is 15.4 Å². The maximum atomic E-state index is 5.77. The Bertz CT molecular complexity index is 269. The van der Waals surface area contributed by atoms with Gasteiger partial charge in [-0.2, -0.15) is 0 Å². The van der Waals surface area contributed by atoms with Crippen molar-refractivity contribution in [3.63, 3.8) is 0 Å². The van der Waals surface area contributed by atoms with Gasteiger partial charge in [0, 0.05) is 19.7 Å². The lowest BCUT2D eigenvalue weighted by molar-refractivity contribution is 0.0283. The molecule has 112 valence electrons. The van der Waals surface area contributed by atoms with Gasteiger partial charge in [0.25, 0.3) is 0 Å². The third-order valence-corrected chi connectivity index (χ3v) is 3.93. The van der Waals surface area contributed by atoms with Crippen LogP contribution in [0.4, 0.5) is 0 Å². The Labute approximate surface area is 118 Å². The van der Waals surface area contributed by atoms with Gasteiger partial charge in [-0.3, -0.25) is 4.99 Å². The molecule has 1 aliphatic heterocycles. The number of nitrogens with one attached hydrogen (secondary N) is 2. The molecule has 0 amide bonds. The topological polar surface area (TPSA) is 45.7 Å². The fraction of sp³-hybridized carbons (Fsp3) is 0.933. The molecule has 1 atom stereocenters. The van der Waals surface area contributed by atoms with Gasteiger partial charge in [-0.05, 0) is 32.6 Å². The lowest BCUT2D eigenvalue weighted by Gasteiger charge is -2.22. The van der Waals surface area contributed by atoms with Crippen molar-refractivity contribution in [1.29, 1.82) is 0 Å². The van der Waals surface area contributed by atoms with E-state index in [0.29, 0.717) is 0 Å². The largest absolute Gasteiger partial charge is 0.373 e. The van der Waals surface area contributed by atoms with Gasteiger partial charge >= 0.3 is 0 Å². The standard InChI is InChI=1S/C15H31N3O/c1-5-13(6-2)11-17-14(16-7-3)18-12-15(4)9-8-10-19-15/h13H,5-12H2,1-4H3,(H2,16,17,18). The van der Waals surface area contributed by atoms with Gasteiger partial charge in [0.1, 0.15) is 0 Å². The predicted molar refractivity (Wildman–Crippen MR) is 81.6 cm³/mol. The summed E-state index contributed by atoms with van der Waals surface area (Å²) < 4.78 is 5.77. The van der Waals surface area contributed by atoms with E-state index < -0.39 is 0 Å². The predicted octanol–water partition coefficient (Wildman–Crippen LogP) is 2.55. The molecule has 0 aromatic carbocycles. The first kappa shape index (κ1) is 16.3. The monoisotopic (exact) mass is 269 g/mol. The molecule has 0 aromatic rings. The first-order valence-corrected chi connectivity index (χ1v) is 7.79. The molecule has 1 fully saturated rings. The summed E-state index contributed by atoms with van der Waals surface area (Å²) in [5, 5.41) is 6.76. The zero-order valence-electron chi connectivity index (χ0n) is 13.1. The highest BCUT2D eigenvalue weighted by atomic mass is 16.5. The van der Waals surface area contributed by atoms with Gasteiger partial charge in [0.05, 0.1) is 12.1 Å². The molecular weight excluding hydrogens is 238 g/mol. The quantitative estimate of drug-likeness (QED) is 0.551. The third kappa shape index (κ3) is 5.81. The maximum Gasteiger partial charge on any atom is 0.191 e. The van der Waals surface area contributed by atoms with Crippen LogP contribution in [-0.4, -0.2) is 37.8 Å². The molecule has 0 spiro atoms. The Kier molecular flexibility index (Phi) is 7.21. The molecule has 1 unspecified atom stereocenters. The second kappa shape index (κ2) is 8.41. The summed E-state index contributed by atoms with van der Waals surface area (Å²) in [6.07, 6.45) is 4.69. The molecule has 4 nitrogen and oxygen atoms in total. The molecule has 0 aromatic heterocycles. The molecule has 0 aliphatic carbocycles. The van der Waals surface area contributed by atoms with Crippen molar-refractivity contribution in [2.24, 2.45) is 10.9 Å². The Morgan fingerprint density at radius 1 is 1.26 bits per heavy atom. The summed E-state index contributed by atoms with van der Waals surface area (Å²) >= 11 is 0. The van der Waals surface area contributed by atoms with Gasteiger partial charge in [-0.1, -0.05) is 26.7 Å². The van der Waals surface area contributed by atoms with E-state index in [2.05, 4.69) is 43.3 Å². The summed E-state index contributed by atoms with van der Waals surface area (Å²) in [6.45, 7) is 12.3. The van der Waals surface area contributed by atoms with Crippen LogP contribution in [0.25, 0.3) is 0 Å². The van der Waals surface area contributed by atoms with Gasteiger partial charge in [0.15, 0.2) is 5.96 Å². The number of hydrogen-bond acceptors (Lipinski definition) is 2. The molecular formula is C15H31N3O. The van der Waals surface area contributed by atoms with Crippen molar-refractivity contribution in [3.05, 3.63) is 0 Å². The number of aliphatic imine (C=N–C) groups is 1. The first-order chi connectivity index (χ1) is 9.13. The van der Waals surface area contributed by atoms with Gasteiger partial charge in [-0.25, -0.2) is 0 Å². The van der Waals surface area contributed by atoms with Crippen LogP contribution < -0.4 is 10.6 Å². The highest BCUT2D eigenvalue weighted by Gasteiger charge is 2.29. The van der Waals surface area contributed by atoms with Gasteiger partial charge in [-0.15, -0.1) is 0 Å². The van der Waals surface area contributed by atoms with Crippen molar-refractivity contribution >= 4 is 5.96 Å². The van der Waals surface area contributed by atoms with Crippen LogP contribution >= 0.6 is 0 Å². The van der Waals surface area contributed by atoms with Crippen molar-refractivity contribution in [2.45, 2.75) is 59.0 Å². The summed E-state index contributed by atoms with van der Waals surface area (Å²) in [4.78, 5) is 4.68. The minimum Gasteiger partial charge on any atom is -0.373 e. The third-order valence-electron chi connectivity index (χ3n) is 3.93. The van der Waals surface area contributed by atoms with Crippen molar-refractivity contribution < 1.29 is 4.74 Å². The van der Waals surface area contributed by atoms with Crippen molar-refractivity contribution in [3.8, 4) is 0 Å². The zero-order valence-corrected chi connectivity index (χ0v) is 13.1. The molecule has 1 heterocycles. The minimum absolute atomic E-state index is 0.0583. The number of rotatable bonds is 7. The number of ether oxygens (including phenoxy) is 1. The zero-order chi connectivity index (χ0) is 14.1. The Balaban J connectivity index is 2.45. The highest BCUT2D eigenvalue weighted by Crippen LogP contribution is 2.24. The number of nitrogens with zero attached hydrogens (tertiary/aromatic N) is 1. The van der Waals surface area contributed by atoms with Crippen LogP contribution in [0.5, 0.6) is 0 Å². The Hall–Kier alpha value is -0.770. The van der Waals surface area contributed by atoms with Crippen LogP contribution in [-0.2, 0) is 4.74 Å². The highest BCUT2D eigenvalue weighted by molar-refractivity contribution is 5.79. The van der Waals surface area contributed by atoms with E-state index in [1.165, 1.54) is 12.8 Å². The van der Waals surface area contributed by atoms with Crippen LogP contribution in [0.2, 0.25) is 0 Å². The average molecular weight is 269 g/mol. The maximum absolute atomic E-state index is 5.77. The Morgan fingerprint density at radius 3 is 2.53 bits per heavy atom. The van der Waals surface area contributed by atoms with E-state index >= 15 is 0 Å². The first-order valence-electron chi connectivity index (χ1n) is 7.79. The normalized spacial score (nSPS) is 23.9. The smallest absolute Gasteiger partial charge is 0.191 e. The lowest BCUT2D eigenvalue weighted by Crippen LogP contribution is -2.41. The van der Waals surface area contributed by atoms with Crippen LogP contribution in [0.15, 0.2) is 4.99 Å². The SMILES string of the molecule is CCNC(=NCC1(C)CCCO1)NCC(CC)CC. The summed E-state index contributed by atoms with van der Waals surface area (Å²) in [5.41, 5.74) is -0.0583. The van der Waals surface area contributed by atoms with Crippen molar-refractivity contribution in [1.82, 2.24) is 10.6 Å². The molecule has 0 saturated carbocycles. The second-order valence-corrected chi connectivity index (χ2v) is 5.66. The second-order valence-electron chi connectivity index (χ2n) is 5.66. The molecule has 2 N–H and O–H groups in total. The molecule has 0 radical (unpaired) electrons. The van der Waals surface area contributed by atoms with Crippen LogP contribution in [0.1, 0.15) is 53.4 Å². The molecule has 0 bridgehead atoms. The summed E-state index contributed by atoms with van der Waals surface area (Å²) in [7, 11) is 0. The molecule has 1 aliphatic rings. The Morgan fingerprint density at radius 2 is 2.00 bits per heavy atom. The average Bonchev–Trinajstić information content (AvgIpc) is 2.84. The molecule has 4 heteroatoms. The van der Waals surface area contributed by atoms with E-state index in [1.807, 2.05) is 0 Å². The lowest BCUT2D eigenvalue weighted by atomic mass is 10.0. The van der Waals surface area contributed by atoms with Crippen LogP contribution in [0, 0.1) is 5.92 Å². The molecule has 1 rings (SSSR count). The fourth-order valence-corrected chi connectivity index (χ4v) is 2.37. The van der Waals surface area contributed by atoms with E-state index in [9.17, 15) is 0 Å². The van der Waals surface area contributed by atoms with E-state index in [4.69, 9.17) is 4.74 Å². The summed E-state index contributed by atoms with van der Waals surface area (Å²) in [5.74, 6) is 1.65.